The van der Waals surface area contributed by atoms with E-state index in [1.165, 1.54) is 51.4 Å². The zero-order valence-electron chi connectivity index (χ0n) is 11.5. The molecule has 18 heavy (non-hydrogen) atoms. The van der Waals surface area contributed by atoms with Crippen molar-refractivity contribution in [1.82, 2.24) is 5.32 Å². The fourth-order valence-corrected chi connectivity index (χ4v) is 4.00. The van der Waals surface area contributed by atoms with E-state index in [1.807, 2.05) is 6.07 Å². The van der Waals surface area contributed by atoms with Crippen LogP contribution in [-0.2, 0) is 0 Å². The lowest BCUT2D eigenvalue weighted by Crippen LogP contribution is -2.37. The molecular formula is C16H25NO. The Morgan fingerprint density at radius 1 is 1.22 bits per heavy atom. The van der Waals surface area contributed by atoms with Crippen LogP contribution in [-0.4, -0.2) is 6.04 Å². The molecule has 0 saturated heterocycles. The fourth-order valence-electron chi connectivity index (χ4n) is 4.00. The second-order valence-corrected chi connectivity index (χ2v) is 6.39. The van der Waals surface area contributed by atoms with Gasteiger partial charge in [-0.1, -0.05) is 12.8 Å². The Morgan fingerprint density at radius 2 is 1.94 bits per heavy atom. The highest BCUT2D eigenvalue weighted by Gasteiger charge is 2.37. The van der Waals surface area contributed by atoms with Crippen LogP contribution < -0.4 is 5.32 Å². The van der Waals surface area contributed by atoms with Gasteiger partial charge in [-0.2, -0.15) is 0 Å². The highest BCUT2D eigenvalue weighted by molar-refractivity contribution is 5.04. The van der Waals surface area contributed by atoms with Gasteiger partial charge in [-0.25, -0.2) is 0 Å². The molecule has 1 N–H and O–H groups in total. The number of hydrogen-bond acceptors (Lipinski definition) is 2. The third kappa shape index (κ3) is 2.49. The monoisotopic (exact) mass is 247 g/mol. The van der Waals surface area contributed by atoms with Crippen LogP contribution in [0.3, 0.4) is 0 Å². The van der Waals surface area contributed by atoms with Gasteiger partial charge in [-0.15, -0.1) is 0 Å². The van der Waals surface area contributed by atoms with E-state index in [9.17, 15) is 0 Å². The Bertz CT molecular complexity index is 354. The van der Waals surface area contributed by atoms with Crippen molar-refractivity contribution in [2.75, 3.05) is 0 Å². The number of furan rings is 1. The lowest BCUT2D eigenvalue weighted by atomic mass is 9.71. The van der Waals surface area contributed by atoms with E-state index in [4.69, 9.17) is 4.42 Å². The lowest BCUT2D eigenvalue weighted by molar-refractivity contribution is 0.162. The molecule has 2 fully saturated rings. The summed E-state index contributed by atoms with van der Waals surface area (Å²) in [5.41, 5.74) is 0.742. The van der Waals surface area contributed by atoms with Crippen LogP contribution in [0.25, 0.3) is 0 Å². The predicted molar refractivity (Wildman–Crippen MR) is 73.4 cm³/mol. The SMILES string of the molecule is CC(NC1CCC2(CCCC2)CC1)c1ccco1. The molecule has 2 nitrogen and oxygen atoms in total. The van der Waals surface area contributed by atoms with E-state index in [-0.39, 0.29) is 0 Å². The first-order chi connectivity index (χ1) is 8.77. The van der Waals surface area contributed by atoms with Crippen molar-refractivity contribution in [3.8, 4) is 0 Å². The van der Waals surface area contributed by atoms with Crippen LogP contribution in [0.1, 0.15) is 70.1 Å². The molecule has 2 aliphatic rings. The minimum Gasteiger partial charge on any atom is -0.468 e. The second-order valence-electron chi connectivity index (χ2n) is 6.39. The summed E-state index contributed by atoms with van der Waals surface area (Å²) in [6.07, 6.45) is 13.3. The van der Waals surface area contributed by atoms with Gasteiger partial charge < -0.3 is 9.73 Å². The molecule has 1 heterocycles. The van der Waals surface area contributed by atoms with Gasteiger partial charge >= 0.3 is 0 Å². The van der Waals surface area contributed by atoms with Crippen LogP contribution in [0.5, 0.6) is 0 Å². The zero-order valence-corrected chi connectivity index (χ0v) is 11.5. The maximum atomic E-state index is 5.47. The van der Waals surface area contributed by atoms with Crippen molar-refractivity contribution in [2.24, 2.45) is 5.41 Å². The Balaban J connectivity index is 1.51. The summed E-state index contributed by atoms with van der Waals surface area (Å²) < 4.78 is 5.47. The third-order valence-electron chi connectivity index (χ3n) is 5.17. The summed E-state index contributed by atoms with van der Waals surface area (Å²) in [6.45, 7) is 2.21. The average molecular weight is 247 g/mol. The van der Waals surface area contributed by atoms with Crippen molar-refractivity contribution < 1.29 is 4.42 Å². The molecule has 2 saturated carbocycles. The first-order valence-corrected chi connectivity index (χ1v) is 7.57. The average Bonchev–Trinajstić information content (AvgIpc) is 3.04. The van der Waals surface area contributed by atoms with Gasteiger partial charge in [0.2, 0.25) is 0 Å². The highest BCUT2D eigenvalue weighted by Crippen LogP contribution is 2.49. The second kappa shape index (κ2) is 5.08. The van der Waals surface area contributed by atoms with Crippen LogP contribution in [0.4, 0.5) is 0 Å². The van der Waals surface area contributed by atoms with Gasteiger partial charge in [0.25, 0.3) is 0 Å². The van der Waals surface area contributed by atoms with Crippen molar-refractivity contribution in [3.63, 3.8) is 0 Å². The minimum atomic E-state index is 0.350. The van der Waals surface area contributed by atoms with Crippen LogP contribution in [0, 0.1) is 5.41 Å². The van der Waals surface area contributed by atoms with Crippen LogP contribution in [0.2, 0.25) is 0 Å². The number of rotatable bonds is 3. The van der Waals surface area contributed by atoms with E-state index in [0.29, 0.717) is 12.1 Å². The van der Waals surface area contributed by atoms with Crippen molar-refractivity contribution in [3.05, 3.63) is 24.2 Å². The van der Waals surface area contributed by atoms with E-state index >= 15 is 0 Å². The Morgan fingerprint density at radius 3 is 2.56 bits per heavy atom. The Kier molecular flexibility index (Phi) is 3.47. The molecule has 1 atom stereocenters. The fraction of sp³-hybridized carbons (Fsp3) is 0.750. The van der Waals surface area contributed by atoms with E-state index in [0.717, 1.165) is 11.2 Å². The van der Waals surface area contributed by atoms with Gasteiger partial charge in [-0.05, 0) is 63.0 Å². The van der Waals surface area contributed by atoms with E-state index in [1.54, 1.807) is 6.26 Å². The van der Waals surface area contributed by atoms with Gasteiger partial charge in [-0.3, -0.25) is 0 Å². The Labute approximate surface area is 110 Å². The first kappa shape index (κ1) is 12.3. The molecule has 100 valence electrons. The van der Waals surface area contributed by atoms with Gasteiger partial charge in [0.15, 0.2) is 0 Å². The number of nitrogens with one attached hydrogen (secondary N) is 1. The largest absolute Gasteiger partial charge is 0.468 e. The summed E-state index contributed by atoms with van der Waals surface area (Å²) in [5.74, 6) is 1.07. The maximum absolute atomic E-state index is 5.47. The smallest absolute Gasteiger partial charge is 0.120 e. The topological polar surface area (TPSA) is 25.2 Å². The third-order valence-corrected chi connectivity index (χ3v) is 5.17. The van der Waals surface area contributed by atoms with Gasteiger partial charge in [0.05, 0.1) is 12.3 Å². The molecule has 1 aromatic rings. The lowest BCUT2D eigenvalue weighted by Gasteiger charge is -2.38. The molecule has 0 amide bonds. The standard InChI is InChI=1S/C16H25NO/c1-13(15-5-4-12-18-15)17-14-6-10-16(11-7-14)8-2-3-9-16/h4-5,12-14,17H,2-3,6-11H2,1H3. The first-order valence-electron chi connectivity index (χ1n) is 7.57. The van der Waals surface area contributed by atoms with E-state index < -0.39 is 0 Å². The van der Waals surface area contributed by atoms with Gasteiger partial charge in [0, 0.05) is 6.04 Å². The molecule has 2 heteroatoms. The summed E-state index contributed by atoms with van der Waals surface area (Å²) in [5, 5.41) is 3.73. The molecule has 0 radical (unpaired) electrons. The predicted octanol–water partition coefficient (Wildman–Crippen LogP) is 4.43. The van der Waals surface area contributed by atoms with Crippen molar-refractivity contribution >= 4 is 0 Å². The summed E-state index contributed by atoms with van der Waals surface area (Å²) in [6, 6.07) is 5.08. The number of hydrogen-bond donors (Lipinski definition) is 1. The molecule has 0 bridgehead atoms. The van der Waals surface area contributed by atoms with Crippen LogP contribution in [0.15, 0.2) is 22.8 Å². The Hall–Kier alpha value is -0.760. The zero-order chi connectivity index (χ0) is 12.4. The summed E-state index contributed by atoms with van der Waals surface area (Å²) in [4.78, 5) is 0. The molecule has 0 aliphatic heterocycles. The normalized spacial score (nSPS) is 25.6. The molecule has 1 aromatic heterocycles. The van der Waals surface area contributed by atoms with Crippen molar-refractivity contribution in [2.45, 2.75) is 70.4 Å². The molecule has 1 unspecified atom stereocenters. The summed E-state index contributed by atoms with van der Waals surface area (Å²) in [7, 11) is 0. The van der Waals surface area contributed by atoms with Crippen molar-refractivity contribution in [1.29, 1.82) is 0 Å². The van der Waals surface area contributed by atoms with Gasteiger partial charge in [0.1, 0.15) is 5.76 Å². The van der Waals surface area contributed by atoms with E-state index in [2.05, 4.69) is 18.3 Å². The quantitative estimate of drug-likeness (QED) is 0.854. The highest BCUT2D eigenvalue weighted by atomic mass is 16.3. The molecule has 1 spiro atoms. The molecule has 0 aromatic carbocycles. The molecular weight excluding hydrogens is 222 g/mol. The maximum Gasteiger partial charge on any atom is 0.120 e. The molecule has 3 rings (SSSR count). The molecule has 2 aliphatic carbocycles. The van der Waals surface area contributed by atoms with Crippen LogP contribution >= 0.6 is 0 Å². The summed E-state index contributed by atoms with van der Waals surface area (Å²) >= 11 is 0. The minimum absolute atomic E-state index is 0.350.